The van der Waals surface area contributed by atoms with Crippen LogP contribution in [0.15, 0.2) is 48.5 Å². The summed E-state index contributed by atoms with van der Waals surface area (Å²) in [6.07, 6.45) is 1.11. The van der Waals surface area contributed by atoms with Crippen LogP contribution in [0, 0.1) is 11.3 Å². The summed E-state index contributed by atoms with van der Waals surface area (Å²) in [4.78, 5) is 12.6. The first-order chi connectivity index (χ1) is 12.6. The lowest BCUT2D eigenvalue weighted by Crippen LogP contribution is -2.38. The Balaban J connectivity index is 2.08. The van der Waals surface area contributed by atoms with Gasteiger partial charge in [-0.1, -0.05) is 43.7 Å². The minimum Gasteiger partial charge on any atom is -0.493 e. The van der Waals surface area contributed by atoms with Crippen LogP contribution in [0.3, 0.4) is 0 Å². The molecule has 0 fully saturated rings. The number of nitrogens with one attached hydrogen (secondary N) is 1. The van der Waals surface area contributed by atoms with Crippen molar-refractivity contribution in [2.75, 3.05) is 7.11 Å². The van der Waals surface area contributed by atoms with E-state index in [1.807, 2.05) is 36.4 Å². The monoisotopic (exact) mass is 352 g/mol. The number of rotatable bonds is 8. The van der Waals surface area contributed by atoms with E-state index in [-0.39, 0.29) is 11.9 Å². The highest BCUT2D eigenvalue weighted by atomic mass is 16.5. The normalized spacial score (nSPS) is 12.5. The third-order valence-corrected chi connectivity index (χ3v) is 4.06. The van der Waals surface area contributed by atoms with Crippen LogP contribution in [0.1, 0.15) is 43.9 Å². The van der Waals surface area contributed by atoms with Crippen molar-refractivity contribution in [3.05, 3.63) is 59.7 Å². The van der Waals surface area contributed by atoms with E-state index in [4.69, 9.17) is 14.7 Å². The first-order valence-electron chi connectivity index (χ1n) is 8.69. The van der Waals surface area contributed by atoms with E-state index in [0.717, 1.165) is 18.4 Å². The number of carbonyl (C=O) groups is 1. The molecule has 136 valence electrons. The Morgan fingerprint density at radius 1 is 1.19 bits per heavy atom. The number of hydrogen-bond acceptors (Lipinski definition) is 4. The number of ether oxygens (including phenoxy) is 2. The number of carbonyl (C=O) groups excluding carboxylic acids is 1. The van der Waals surface area contributed by atoms with Gasteiger partial charge in [-0.15, -0.1) is 0 Å². The van der Waals surface area contributed by atoms with Crippen LogP contribution >= 0.6 is 0 Å². The van der Waals surface area contributed by atoms with Crippen LogP contribution in [-0.4, -0.2) is 19.1 Å². The largest absolute Gasteiger partial charge is 0.493 e. The highest BCUT2D eigenvalue weighted by molar-refractivity contribution is 5.81. The molecule has 2 atom stereocenters. The van der Waals surface area contributed by atoms with Crippen molar-refractivity contribution in [2.24, 2.45) is 0 Å². The zero-order valence-corrected chi connectivity index (χ0v) is 15.4. The summed E-state index contributed by atoms with van der Waals surface area (Å²) in [5.74, 6) is 0.663. The molecule has 0 radical (unpaired) electrons. The van der Waals surface area contributed by atoms with E-state index in [1.54, 1.807) is 25.1 Å². The maximum atomic E-state index is 12.6. The quantitative estimate of drug-likeness (QED) is 0.780. The first-order valence-corrected chi connectivity index (χ1v) is 8.69. The Morgan fingerprint density at radius 3 is 2.54 bits per heavy atom. The lowest BCUT2D eigenvalue weighted by atomic mass is 10.0. The molecule has 1 amide bonds. The van der Waals surface area contributed by atoms with Gasteiger partial charge in [0, 0.05) is 6.07 Å². The second-order valence-corrected chi connectivity index (χ2v) is 6.00. The van der Waals surface area contributed by atoms with Gasteiger partial charge in [-0.05, 0) is 31.0 Å². The van der Waals surface area contributed by atoms with E-state index in [2.05, 4.69) is 12.2 Å². The maximum Gasteiger partial charge on any atom is 0.261 e. The van der Waals surface area contributed by atoms with Gasteiger partial charge < -0.3 is 14.8 Å². The topological polar surface area (TPSA) is 71.3 Å². The highest BCUT2D eigenvalue weighted by Crippen LogP contribution is 2.29. The van der Waals surface area contributed by atoms with Gasteiger partial charge in [0.15, 0.2) is 17.6 Å². The molecule has 5 nitrogen and oxygen atoms in total. The van der Waals surface area contributed by atoms with Crippen LogP contribution < -0.4 is 14.8 Å². The molecular weight excluding hydrogens is 328 g/mol. The first kappa shape index (κ1) is 19.3. The Labute approximate surface area is 154 Å². The molecular formula is C21H24N2O3. The molecule has 0 bridgehead atoms. The molecule has 26 heavy (non-hydrogen) atoms. The molecule has 0 heterocycles. The zero-order valence-electron chi connectivity index (χ0n) is 15.4. The molecule has 0 saturated carbocycles. The SMILES string of the molecule is CCC[C@@H](NC(=O)[C@@H](C)Oc1ccc(C#N)cc1OC)c1ccccc1. The lowest BCUT2D eigenvalue weighted by Gasteiger charge is -2.22. The molecule has 0 unspecified atom stereocenters. The van der Waals surface area contributed by atoms with Crippen LogP contribution in [0.2, 0.25) is 0 Å². The fourth-order valence-electron chi connectivity index (χ4n) is 2.66. The van der Waals surface area contributed by atoms with E-state index >= 15 is 0 Å². The van der Waals surface area contributed by atoms with Crippen LogP contribution in [0.5, 0.6) is 11.5 Å². The summed E-state index contributed by atoms with van der Waals surface area (Å²) in [7, 11) is 1.50. The van der Waals surface area contributed by atoms with Gasteiger partial charge in [-0.25, -0.2) is 0 Å². The fraction of sp³-hybridized carbons (Fsp3) is 0.333. The van der Waals surface area contributed by atoms with Crippen molar-refractivity contribution in [1.29, 1.82) is 5.26 Å². The summed E-state index contributed by atoms with van der Waals surface area (Å²) < 4.78 is 11.0. The molecule has 0 aliphatic heterocycles. The van der Waals surface area contributed by atoms with Gasteiger partial charge >= 0.3 is 0 Å². The van der Waals surface area contributed by atoms with E-state index in [9.17, 15) is 4.79 Å². The van der Waals surface area contributed by atoms with E-state index in [0.29, 0.717) is 17.1 Å². The predicted molar refractivity (Wildman–Crippen MR) is 100 cm³/mol. The molecule has 0 spiro atoms. The van der Waals surface area contributed by atoms with Gasteiger partial charge in [-0.3, -0.25) is 4.79 Å². The summed E-state index contributed by atoms with van der Waals surface area (Å²) >= 11 is 0. The number of nitrogens with zero attached hydrogens (tertiary/aromatic N) is 1. The maximum absolute atomic E-state index is 12.6. The molecule has 0 aliphatic carbocycles. The highest BCUT2D eigenvalue weighted by Gasteiger charge is 2.21. The van der Waals surface area contributed by atoms with Crippen LogP contribution in [-0.2, 0) is 4.79 Å². The number of hydrogen-bond donors (Lipinski definition) is 1. The summed E-state index contributed by atoms with van der Waals surface area (Å²) in [6.45, 7) is 3.78. The number of nitriles is 1. The average molecular weight is 352 g/mol. The Morgan fingerprint density at radius 2 is 1.92 bits per heavy atom. The molecule has 0 aromatic heterocycles. The van der Waals surface area contributed by atoms with Crippen LogP contribution in [0.4, 0.5) is 0 Å². The molecule has 2 aromatic rings. The van der Waals surface area contributed by atoms with Gasteiger partial charge in [-0.2, -0.15) is 5.26 Å². The standard InChI is InChI=1S/C21H24N2O3/c1-4-8-18(17-9-6-5-7-10-17)23-21(24)15(2)26-19-12-11-16(14-22)13-20(19)25-3/h5-7,9-13,15,18H,4,8H2,1-3H3,(H,23,24)/t15-,18-/m1/s1. The van der Waals surface area contributed by atoms with Crippen molar-refractivity contribution in [3.63, 3.8) is 0 Å². The van der Waals surface area contributed by atoms with Gasteiger partial charge in [0.05, 0.1) is 24.8 Å². The van der Waals surface area contributed by atoms with Crippen molar-refractivity contribution in [3.8, 4) is 17.6 Å². The molecule has 0 aliphatic rings. The smallest absolute Gasteiger partial charge is 0.261 e. The van der Waals surface area contributed by atoms with Crippen molar-refractivity contribution in [2.45, 2.75) is 38.8 Å². The van der Waals surface area contributed by atoms with Gasteiger partial charge in [0.25, 0.3) is 5.91 Å². The number of benzene rings is 2. The molecule has 0 saturated heterocycles. The molecule has 1 N–H and O–H groups in total. The molecule has 2 aromatic carbocycles. The third kappa shape index (κ3) is 5.00. The van der Waals surface area contributed by atoms with Crippen molar-refractivity contribution < 1.29 is 14.3 Å². The second kappa shape index (κ2) is 9.47. The zero-order chi connectivity index (χ0) is 18.9. The fourth-order valence-corrected chi connectivity index (χ4v) is 2.66. The van der Waals surface area contributed by atoms with Crippen LogP contribution in [0.25, 0.3) is 0 Å². The third-order valence-electron chi connectivity index (χ3n) is 4.06. The Hall–Kier alpha value is -3.00. The number of amides is 1. The van der Waals surface area contributed by atoms with Gasteiger partial charge in [0.1, 0.15) is 0 Å². The van der Waals surface area contributed by atoms with E-state index < -0.39 is 6.10 Å². The molecule has 5 heteroatoms. The lowest BCUT2D eigenvalue weighted by molar-refractivity contribution is -0.128. The van der Waals surface area contributed by atoms with Crippen molar-refractivity contribution >= 4 is 5.91 Å². The Bertz CT molecular complexity index is 769. The summed E-state index contributed by atoms with van der Waals surface area (Å²) in [6, 6.07) is 16.8. The number of methoxy groups -OCH3 is 1. The summed E-state index contributed by atoms with van der Waals surface area (Å²) in [5, 5.41) is 12.0. The van der Waals surface area contributed by atoms with Crippen molar-refractivity contribution in [1.82, 2.24) is 5.32 Å². The second-order valence-electron chi connectivity index (χ2n) is 6.00. The minimum absolute atomic E-state index is 0.0531. The van der Waals surface area contributed by atoms with Gasteiger partial charge in [0.2, 0.25) is 0 Å². The molecule has 2 rings (SSSR count). The van der Waals surface area contributed by atoms with E-state index in [1.165, 1.54) is 7.11 Å². The summed E-state index contributed by atoms with van der Waals surface area (Å²) in [5.41, 5.74) is 1.55. The predicted octanol–water partition coefficient (Wildman–Crippen LogP) is 3.99. The Kier molecular flexibility index (Phi) is 7.04. The minimum atomic E-state index is -0.695. The average Bonchev–Trinajstić information content (AvgIpc) is 2.68.